The summed E-state index contributed by atoms with van der Waals surface area (Å²) in [4.78, 5) is 16.6. The molecule has 5 rings (SSSR count). The average Bonchev–Trinajstić information content (AvgIpc) is 3.26. The zero-order valence-corrected chi connectivity index (χ0v) is 18.8. The third kappa shape index (κ3) is 2.99. The Morgan fingerprint density at radius 3 is 2.63 bits per heavy atom. The van der Waals surface area contributed by atoms with E-state index in [4.69, 9.17) is 0 Å². The number of para-hydroxylation sites is 2. The van der Waals surface area contributed by atoms with Crippen LogP contribution in [0.15, 0.2) is 70.5 Å². The Bertz CT molecular complexity index is 1470. The number of rotatable bonds is 2. The molecule has 0 saturated heterocycles. The van der Waals surface area contributed by atoms with Crippen LogP contribution in [0.2, 0.25) is 0 Å². The molecule has 2 aromatic carbocycles. The summed E-state index contributed by atoms with van der Waals surface area (Å²) < 4.78 is 5.79. The molecule has 1 aliphatic rings. The summed E-state index contributed by atoms with van der Waals surface area (Å²) in [5.41, 5.74) is 3.53. The van der Waals surface area contributed by atoms with Crippen molar-refractivity contribution < 1.29 is 4.57 Å². The smallest absolute Gasteiger partial charge is 0.271 e. The van der Waals surface area contributed by atoms with Crippen molar-refractivity contribution in [2.24, 2.45) is 7.05 Å². The lowest BCUT2D eigenvalue weighted by Gasteiger charge is -2.11. The van der Waals surface area contributed by atoms with Crippen LogP contribution in [-0.4, -0.2) is 11.6 Å². The predicted octanol–water partition coefficient (Wildman–Crippen LogP) is 3.04. The number of hydrogen-bond donors (Lipinski definition) is 0. The van der Waals surface area contributed by atoms with Gasteiger partial charge in [0.25, 0.3) is 5.56 Å². The Balaban J connectivity index is 1.76. The van der Waals surface area contributed by atoms with Gasteiger partial charge in [-0.15, -0.1) is 11.3 Å². The van der Waals surface area contributed by atoms with E-state index in [1.165, 1.54) is 15.8 Å². The molecule has 4 nitrogen and oxygen atoms in total. The minimum Gasteiger partial charge on any atom is -0.337 e. The van der Waals surface area contributed by atoms with Gasteiger partial charge in [-0.2, -0.15) is 0 Å². The number of aryl methyl sites for hydroxylation is 1. The van der Waals surface area contributed by atoms with Crippen molar-refractivity contribution in [1.29, 1.82) is 0 Å². The summed E-state index contributed by atoms with van der Waals surface area (Å²) >= 11 is 3.26. The molecule has 0 saturated carbocycles. The number of thiazole rings is 1. The second kappa shape index (κ2) is 7.45. The molecule has 4 aromatic rings. The highest BCUT2D eigenvalue weighted by atomic mass is 32.2. The van der Waals surface area contributed by atoms with E-state index < -0.39 is 0 Å². The van der Waals surface area contributed by atoms with Crippen molar-refractivity contribution in [1.82, 2.24) is 4.57 Å². The lowest BCUT2D eigenvalue weighted by atomic mass is 10.1. The number of aromatic nitrogens is 2. The second-order valence-electron chi connectivity index (χ2n) is 7.30. The number of hydrogen-bond acceptors (Lipinski definition) is 4. The Morgan fingerprint density at radius 2 is 1.83 bits per heavy atom. The van der Waals surface area contributed by atoms with Gasteiger partial charge in [-0.1, -0.05) is 36.0 Å². The number of benzene rings is 2. The van der Waals surface area contributed by atoms with Crippen molar-refractivity contribution >= 4 is 50.8 Å². The number of anilines is 1. The van der Waals surface area contributed by atoms with Gasteiger partial charge in [0.05, 0.1) is 15.7 Å². The molecule has 1 aliphatic heterocycles. The van der Waals surface area contributed by atoms with E-state index in [0.717, 1.165) is 25.5 Å². The van der Waals surface area contributed by atoms with Gasteiger partial charge in [-0.25, -0.2) is 4.57 Å². The maximum Gasteiger partial charge on any atom is 0.271 e. The number of pyridine rings is 1. The largest absolute Gasteiger partial charge is 0.337 e. The van der Waals surface area contributed by atoms with Gasteiger partial charge in [-0.05, 0) is 36.8 Å². The molecule has 6 heteroatoms. The van der Waals surface area contributed by atoms with Gasteiger partial charge in [0.1, 0.15) is 16.6 Å². The normalized spacial score (nSPS) is 15.8. The van der Waals surface area contributed by atoms with E-state index in [0.29, 0.717) is 6.54 Å². The number of fused-ring (bicyclic) bond motifs is 2. The lowest BCUT2D eigenvalue weighted by Crippen LogP contribution is -2.33. The summed E-state index contributed by atoms with van der Waals surface area (Å²) in [6.07, 6.45) is 4.22. The minimum atomic E-state index is 0.0849. The Kier molecular flexibility index (Phi) is 4.76. The second-order valence-corrected chi connectivity index (χ2v) is 9.36. The van der Waals surface area contributed by atoms with E-state index in [-0.39, 0.29) is 5.56 Å². The molecule has 150 valence electrons. The number of nitrogens with zero attached hydrogens (tertiary/aromatic N) is 3. The molecule has 0 amide bonds. The van der Waals surface area contributed by atoms with Crippen LogP contribution >= 0.6 is 23.1 Å². The van der Waals surface area contributed by atoms with Crippen LogP contribution in [0.5, 0.6) is 0 Å². The fraction of sp³-hybridized carbons (Fsp3) is 0.167. The van der Waals surface area contributed by atoms with Crippen LogP contribution in [0.25, 0.3) is 22.0 Å². The fourth-order valence-corrected chi connectivity index (χ4v) is 6.38. The summed E-state index contributed by atoms with van der Waals surface area (Å²) in [6.45, 7) is 2.68. The molecule has 30 heavy (non-hydrogen) atoms. The molecule has 0 atom stereocenters. The van der Waals surface area contributed by atoms with Crippen molar-refractivity contribution in [3.63, 3.8) is 0 Å². The van der Waals surface area contributed by atoms with E-state index in [1.807, 2.05) is 30.7 Å². The van der Waals surface area contributed by atoms with Crippen LogP contribution < -0.4 is 24.2 Å². The van der Waals surface area contributed by atoms with Gasteiger partial charge < -0.3 is 4.90 Å². The third-order valence-corrected chi connectivity index (χ3v) is 8.00. The molecular formula is C24H22N3OS2+. The molecule has 0 aliphatic carbocycles. The third-order valence-electron chi connectivity index (χ3n) is 5.51. The molecule has 0 fully saturated rings. The predicted molar refractivity (Wildman–Crippen MR) is 126 cm³/mol. The van der Waals surface area contributed by atoms with Crippen molar-refractivity contribution in [2.45, 2.75) is 18.4 Å². The maximum atomic E-state index is 13.3. The van der Waals surface area contributed by atoms with Crippen molar-refractivity contribution in [2.75, 3.05) is 11.9 Å². The van der Waals surface area contributed by atoms with E-state index in [2.05, 4.69) is 71.3 Å². The molecular weight excluding hydrogens is 410 g/mol. The number of thioether (sulfide) groups is 1. The summed E-state index contributed by atoms with van der Waals surface area (Å²) in [5.74, 6) is 0. The van der Waals surface area contributed by atoms with Crippen molar-refractivity contribution in [3.8, 4) is 0 Å². The highest BCUT2D eigenvalue weighted by molar-refractivity contribution is 8.08. The Hall–Kier alpha value is -2.83. The molecule has 0 radical (unpaired) electrons. The molecule has 0 N–H and O–H groups in total. The molecule has 0 unspecified atom stereocenters. The monoisotopic (exact) mass is 432 g/mol. The van der Waals surface area contributed by atoms with Gasteiger partial charge in [-0.3, -0.25) is 9.36 Å². The van der Waals surface area contributed by atoms with E-state index >= 15 is 0 Å². The molecule has 2 aromatic heterocycles. The standard InChI is InChI=1S/C24H22N3OS2/c1-4-27-21(15-16-13-14-25(2)18-10-6-5-9-17(16)18)30-22(23(27)28)24-26(3)19-11-7-8-12-20(19)29-24/h5-15H,4H2,1-3H3/q+1/b24-22-. The first-order valence-electron chi connectivity index (χ1n) is 9.92. The molecule has 0 bridgehead atoms. The van der Waals surface area contributed by atoms with Gasteiger partial charge in [0.2, 0.25) is 5.52 Å². The van der Waals surface area contributed by atoms with Gasteiger partial charge >= 0.3 is 0 Å². The maximum absolute atomic E-state index is 13.3. The van der Waals surface area contributed by atoms with Crippen LogP contribution in [0, 0.1) is 0 Å². The summed E-state index contributed by atoms with van der Waals surface area (Å²) in [6, 6.07) is 18.8. The SMILES string of the molecule is CCn1c(=O)/c(=C2/Sc3ccccc3N2C)s/c1=C\c1cc[n+](C)c2ccccc12. The molecule has 0 spiro atoms. The van der Waals surface area contributed by atoms with E-state index in [1.54, 1.807) is 23.1 Å². The Labute approximate surface area is 183 Å². The topological polar surface area (TPSA) is 29.1 Å². The zero-order valence-electron chi connectivity index (χ0n) is 17.1. The average molecular weight is 433 g/mol. The summed E-state index contributed by atoms with van der Waals surface area (Å²) in [5, 5.41) is 2.19. The fourth-order valence-electron chi connectivity index (χ4n) is 3.92. The first-order chi connectivity index (χ1) is 14.6. The van der Waals surface area contributed by atoms with Crippen molar-refractivity contribution in [3.05, 3.63) is 85.9 Å². The quantitative estimate of drug-likeness (QED) is 0.456. The van der Waals surface area contributed by atoms with Gasteiger partial charge in [0, 0.05) is 30.6 Å². The van der Waals surface area contributed by atoms with Crippen LogP contribution in [-0.2, 0) is 13.6 Å². The van der Waals surface area contributed by atoms with Crippen LogP contribution in [0.4, 0.5) is 5.69 Å². The lowest BCUT2D eigenvalue weighted by molar-refractivity contribution is -0.644. The first kappa shape index (κ1) is 19.2. The Morgan fingerprint density at radius 1 is 1.07 bits per heavy atom. The zero-order chi connectivity index (χ0) is 20.8. The highest BCUT2D eigenvalue weighted by Crippen LogP contribution is 2.44. The first-order valence-corrected chi connectivity index (χ1v) is 11.6. The summed E-state index contributed by atoms with van der Waals surface area (Å²) in [7, 11) is 4.09. The van der Waals surface area contributed by atoms with Gasteiger partial charge in [0.15, 0.2) is 6.20 Å². The van der Waals surface area contributed by atoms with Crippen LogP contribution in [0.1, 0.15) is 12.5 Å². The van der Waals surface area contributed by atoms with Crippen LogP contribution in [0.3, 0.4) is 0 Å². The minimum absolute atomic E-state index is 0.0849. The molecule has 3 heterocycles. The highest BCUT2D eigenvalue weighted by Gasteiger charge is 2.24. The van der Waals surface area contributed by atoms with E-state index in [9.17, 15) is 4.79 Å².